The molecule has 0 aromatic rings. The third kappa shape index (κ3) is 7.72. The summed E-state index contributed by atoms with van der Waals surface area (Å²) in [7, 11) is -3.40. The second kappa shape index (κ2) is 7.16. The lowest BCUT2D eigenvalue weighted by atomic mass is 9.97. The molecular formula is C9H22N2O3S. The van der Waals surface area contributed by atoms with Gasteiger partial charge in [0, 0.05) is 13.1 Å². The van der Waals surface area contributed by atoms with Crippen molar-refractivity contribution < 1.29 is 13.5 Å². The van der Waals surface area contributed by atoms with E-state index >= 15 is 0 Å². The van der Waals surface area contributed by atoms with Crippen molar-refractivity contribution in [3.05, 3.63) is 0 Å². The molecule has 0 aliphatic heterocycles. The molecule has 0 bridgehead atoms. The highest BCUT2D eigenvalue weighted by Gasteiger charge is 2.14. The van der Waals surface area contributed by atoms with Gasteiger partial charge in [0.05, 0.1) is 11.9 Å². The topological polar surface area (TPSA) is 92.4 Å². The monoisotopic (exact) mass is 238 g/mol. The molecule has 0 aromatic carbocycles. The highest BCUT2D eigenvalue weighted by Crippen LogP contribution is 2.11. The van der Waals surface area contributed by atoms with Crippen LogP contribution in [0.15, 0.2) is 0 Å². The van der Waals surface area contributed by atoms with E-state index in [1.807, 2.05) is 13.8 Å². The van der Waals surface area contributed by atoms with Gasteiger partial charge >= 0.3 is 0 Å². The van der Waals surface area contributed by atoms with E-state index in [1.165, 1.54) is 0 Å². The molecule has 0 aliphatic carbocycles. The molecule has 0 saturated heterocycles. The van der Waals surface area contributed by atoms with Gasteiger partial charge in [-0.05, 0) is 5.92 Å². The highest BCUT2D eigenvalue weighted by molar-refractivity contribution is 7.89. The lowest BCUT2D eigenvalue weighted by molar-refractivity contribution is 0.102. The van der Waals surface area contributed by atoms with Gasteiger partial charge in [-0.3, -0.25) is 0 Å². The quantitative estimate of drug-likeness (QED) is 0.504. The van der Waals surface area contributed by atoms with Gasteiger partial charge in [-0.2, -0.15) is 0 Å². The van der Waals surface area contributed by atoms with Crippen LogP contribution in [0.4, 0.5) is 0 Å². The first kappa shape index (κ1) is 14.8. The molecule has 0 aromatic heterocycles. The number of primary sulfonamides is 1. The van der Waals surface area contributed by atoms with E-state index < -0.39 is 16.1 Å². The number of nitrogens with one attached hydrogen (secondary N) is 1. The molecule has 0 aliphatic rings. The third-order valence-electron chi connectivity index (χ3n) is 2.51. The largest absolute Gasteiger partial charge is 0.392 e. The van der Waals surface area contributed by atoms with Gasteiger partial charge in [-0.25, -0.2) is 13.6 Å². The lowest BCUT2D eigenvalue weighted by Crippen LogP contribution is -2.35. The SMILES string of the molecule is CCC(CC)C(O)CNCCS(N)(=O)=O. The van der Waals surface area contributed by atoms with Crippen LogP contribution in [0.3, 0.4) is 0 Å². The van der Waals surface area contributed by atoms with Crippen molar-refractivity contribution in [1.29, 1.82) is 0 Å². The minimum atomic E-state index is -3.40. The average molecular weight is 238 g/mol. The Hall–Kier alpha value is -0.170. The summed E-state index contributed by atoms with van der Waals surface area (Å²) in [5.41, 5.74) is 0. The van der Waals surface area contributed by atoms with E-state index in [0.29, 0.717) is 6.54 Å². The summed E-state index contributed by atoms with van der Waals surface area (Å²) in [4.78, 5) is 0. The zero-order valence-electron chi connectivity index (χ0n) is 9.44. The summed E-state index contributed by atoms with van der Waals surface area (Å²) in [5, 5.41) is 17.4. The summed E-state index contributed by atoms with van der Waals surface area (Å²) < 4.78 is 21.2. The number of hydrogen-bond donors (Lipinski definition) is 3. The minimum Gasteiger partial charge on any atom is -0.392 e. The van der Waals surface area contributed by atoms with Gasteiger partial charge in [0.2, 0.25) is 10.0 Å². The van der Waals surface area contributed by atoms with E-state index in [9.17, 15) is 13.5 Å². The highest BCUT2D eigenvalue weighted by atomic mass is 32.2. The predicted octanol–water partition coefficient (Wildman–Crippen LogP) is -0.338. The molecule has 0 spiro atoms. The first-order valence-electron chi connectivity index (χ1n) is 5.30. The fourth-order valence-corrected chi connectivity index (χ4v) is 1.89. The zero-order valence-corrected chi connectivity index (χ0v) is 10.3. The summed E-state index contributed by atoms with van der Waals surface area (Å²) in [5.74, 6) is 0.176. The summed E-state index contributed by atoms with van der Waals surface area (Å²) >= 11 is 0. The zero-order chi connectivity index (χ0) is 11.9. The standard InChI is InChI=1S/C9H22N2O3S/c1-3-8(4-2)9(12)7-11-5-6-15(10,13)14/h8-9,11-12H,3-7H2,1-2H3,(H2,10,13,14). The van der Waals surface area contributed by atoms with Crippen molar-refractivity contribution in [2.24, 2.45) is 11.1 Å². The van der Waals surface area contributed by atoms with Crippen LogP contribution in [0.1, 0.15) is 26.7 Å². The van der Waals surface area contributed by atoms with Gasteiger partial charge in [-0.1, -0.05) is 26.7 Å². The van der Waals surface area contributed by atoms with Crippen LogP contribution < -0.4 is 10.5 Å². The molecule has 1 atom stereocenters. The molecular weight excluding hydrogens is 216 g/mol. The Morgan fingerprint density at radius 2 is 1.87 bits per heavy atom. The van der Waals surface area contributed by atoms with E-state index in [1.54, 1.807) is 0 Å². The minimum absolute atomic E-state index is 0.0946. The van der Waals surface area contributed by atoms with Crippen LogP contribution in [-0.2, 0) is 10.0 Å². The molecule has 15 heavy (non-hydrogen) atoms. The lowest BCUT2D eigenvalue weighted by Gasteiger charge is -2.20. The number of rotatable bonds is 8. The van der Waals surface area contributed by atoms with Crippen molar-refractivity contribution >= 4 is 10.0 Å². The molecule has 0 heterocycles. The molecule has 0 fully saturated rings. The Morgan fingerprint density at radius 1 is 1.33 bits per heavy atom. The molecule has 92 valence electrons. The summed E-state index contributed by atoms with van der Waals surface area (Å²) in [6.07, 6.45) is 1.43. The molecule has 0 rings (SSSR count). The Balaban J connectivity index is 3.67. The molecule has 6 heteroatoms. The van der Waals surface area contributed by atoms with Crippen LogP contribution in [0.2, 0.25) is 0 Å². The Labute approximate surface area is 92.1 Å². The Kier molecular flexibility index (Phi) is 7.08. The van der Waals surface area contributed by atoms with Crippen molar-refractivity contribution in [2.75, 3.05) is 18.8 Å². The van der Waals surface area contributed by atoms with Crippen LogP contribution in [0.5, 0.6) is 0 Å². The average Bonchev–Trinajstić information content (AvgIpc) is 2.13. The van der Waals surface area contributed by atoms with E-state index in [-0.39, 0.29) is 18.2 Å². The number of aliphatic hydroxyl groups excluding tert-OH is 1. The van der Waals surface area contributed by atoms with E-state index in [2.05, 4.69) is 5.32 Å². The summed E-state index contributed by atoms with van der Waals surface area (Å²) in [6, 6.07) is 0. The fourth-order valence-electron chi connectivity index (χ4n) is 1.46. The molecule has 0 saturated carbocycles. The first-order chi connectivity index (χ1) is 6.90. The molecule has 5 nitrogen and oxygen atoms in total. The van der Waals surface area contributed by atoms with Crippen LogP contribution in [0.25, 0.3) is 0 Å². The third-order valence-corrected chi connectivity index (χ3v) is 3.28. The number of nitrogens with two attached hydrogens (primary N) is 1. The maximum absolute atomic E-state index is 10.6. The number of hydrogen-bond acceptors (Lipinski definition) is 4. The van der Waals surface area contributed by atoms with Crippen LogP contribution >= 0.6 is 0 Å². The van der Waals surface area contributed by atoms with Crippen LogP contribution in [-0.4, -0.2) is 38.5 Å². The second-order valence-electron chi connectivity index (χ2n) is 3.72. The van der Waals surface area contributed by atoms with Crippen molar-refractivity contribution in [2.45, 2.75) is 32.8 Å². The van der Waals surface area contributed by atoms with E-state index in [0.717, 1.165) is 12.8 Å². The van der Waals surface area contributed by atoms with Gasteiger partial charge in [0.25, 0.3) is 0 Å². The smallest absolute Gasteiger partial charge is 0.210 e. The first-order valence-corrected chi connectivity index (χ1v) is 7.01. The van der Waals surface area contributed by atoms with Crippen molar-refractivity contribution in [3.8, 4) is 0 Å². The van der Waals surface area contributed by atoms with Gasteiger partial charge in [0.15, 0.2) is 0 Å². The molecule has 4 N–H and O–H groups in total. The van der Waals surface area contributed by atoms with Gasteiger partial charge in [-0.15, -0.1) is 0 Å². The second-order valence-corrected chi connectivity index (χ2v) is 5.45. The predicted molar refractivity (Wildman–Crippen MR) is 60.9 cm³/mol. The van der Waals surface area contributed by atoms with Gasteiger partial charge < -0.3 is 10.4 Å². The summed E-state index contributed by atoms with van der Waals surface area (Å²) in [6.45, 7) is 4.77. The normalized spacial score (nSPS) is 14.5. The molecule has 1 unspecified atom stereocenters. The maximum atomic E-state index is 10.6. The van der Waals surface area contributed by atoms with Crippen molar-refractivity contribution in [3.63, 3.8) is 0 Å². The van der Waals surface area contributed by atoms with Crippen LogP contribution in [0, 0.1) is 5.92 Å². The van der Waals surface area contributed by atoms with E-state index in [4.69, 9.17) is 5.14 Å². The molecule has 0 amide bonds. The Bertz CT molecular complexity index is 250. The van der Waals surface area contributed by atoms with Gasteiger partial charge in [0.1, 0.15) is 0 Å². The number of aliphatic hydroxyl groups is 1. The maximum Gasteiger partial charge on any atom is 0.210 e. The number of sulfonamides is 1. The van der Waals surface area contributed by atoms with Crippen molar-refractivity contribution in [1.82, 2.24) is 5.32 Å². The fraction of sp³-hybridized carbons (Fsp3) is 1.00. The molecule has 0 radical (unpaired) electrons. The Morgan fingerprint density at radius 3 is 2.27 bits per heavy atom.